The highest BCUT2D eigenvalue weighted by Gasteiger charge is 2.38. The maximum atomic E-state index is 13.2. The molecular weight excluding hydrogens is 455 g/mol. The first kappa shape index (κ1) is 25.4. The molecule has 1 aliphatic rings. The zero-order valence-corrected chi connectivity index (χ0v) is 16.9. The molecule has 1 aliphatic heterocycles. The number of nitrogens with one attached hydrogen (secondary N) is 1. The van der Waals surface area contributed by atoms with Crippen molar-refractivity contribution in [2.45, 2.75) is 37.7 Å². The van der Waals surface area contributed by atoms with Crippen LogP contribution in [0.1, 0.15) is 41.3 Å². The Morgan fingerprint density at radius 2 is 1.52 bits per heavy atom. The van der Waals surface area contributed by atoms with Gasteiger partial charge < -0.3 is 14.8 Å². The lowest BCUT2D eigenvalue weighted by atomic mass is 10.0. The Balaban J connectivity index is 0.00000341. The largest absolute Gasteiger partial charge is 0.416 e. The molecular formula is C20H19ClF7NO2. The Morgan fingerprint density at radius 1 is 0.968 bits per heavy atom. The van der Waals surface area contributed by atoms with Crippen molar-refractivity contribution in [3.05, 3.63) is 70.5 Å². The van der Waals surface area contributed by atoms with Gasteiger partial charge in [0.05, 0.1) is 29.9 Å². The molecule has 0 amide bonds. The molecule has 0 bridgehead atoms. The molecule has 3 nitrogen and oxygen atoms in total. The van der Waals surface area contributed by atoms with Crippen LogP contribution in [-0.2, 0) is 21.8 Å². The maximum absolute atomic E-state index is 13.2. The smallest absolute Gasteiger partial charge is 0.349 e. The van der Waals surface area contributed by atoms with Crippen molar-refractivity contribution in [1.82, 2.24) is 5.32 Å². The van der Waals surface area contributed by atoms with Crippen LogP contribution in [0.5, 0.6) is 0 Å². The Hall–Kier alpha value is -1.88. The van der Waals surface area contributed by atoms with E-state index in [-0.39, 0.29) is 30.6 Å². The van der Waals surface area contributed by atoms with Gasteiger partial charge in [0.1, 0.15) is 5.82 Å². The van der Waals surface area contributed by atoms with Crippen molar-refractivity contribution in [2.75, 3.05) is 13.2 Å². The third-order valence-corrected chi connectivity index (χ3v) is 4.67. The standard InChI is InChI=1S/C20H18F7NO2.ClH/c1-11(13-8-14(19(22,23)24)10-15(9-13)20(25,26)27)30-18-17(28-6-7-29-18)12-2-4-16(21)5-3-12;/h2-5,8-11,17-18,28H,6-7H2,1H3;1H/t11-,17-,18+;/m1./s1. The molecule has 1 saturated heterocycles. The average Bonchev–Trinajstić information content (AvgIpc) is 2.67. The molecule has 172 valence electrons. The number of rotatable bonds is 4. The van der Waals surface area contributed by atoms with Crippen LogP contribution in [0.4, 0.5) is 30.7 Å². The molecule has 31 heavy (non-hydrogen) atoms. The van der Waals surface area contributed by atoms with Gasteiger partial charge in [0.15, 0.2) is 6.29 Å². The van der Waals surface area contributed by atoms with E-state index in [4.69, 9.17) is 9.47 Å². The van der Waals surface area contributed by atoms with Crippen LogP contribution in [-0.4, -0.2) is 19.4 Å². The monoisotopic (exact) mass is 473 g/mol. The third kappa shape index (κ3) is 6.31. The highest BCUT2D eigenvalue weighted by Crippen LogP contribution is 2.38. The van der Waals surface area contributed by atoms with Crippen molar-refractivity contribution in [3.8, 4) is 0 Å². The summed E-state index contributed by atoms with van der Waals surface area (Å²) < 4.78 is 103. The number of benzene rings is 2. The van der Waals surface area contributed by atoms with Crippen molar-refractivity contribution < 1.29 is 40.2 Å². The van der Waals surface area contributed by atoms with E-state index < -0.39 is 47.7 Å². The van der Waals surface area contributed by atoms with E-state index in [1.54, 1.807) is 0 Å². The minimum absolute atomic E-state index is 0. The predicted octanol–water partition coefficient (Wildman–Crippen LogP) is 6.05. The van der Waals surface area contributed by atoms with Gasteiger partial charge in [0, 0.05) is 6.54 Å². The fourth-order valence-corrected chi connectivity index (χ4v) is 3.14. The Bertz CT molecular complexity index is 839. The van der Waals surface area contributed by atoms with Gasteiger partial charge in [-0.1, -0.05) is 12.1 Å². The van der Waals surface area contributed by atoms with Crippen LogP contribution >= 0.6 is 12.4 Å². The lowest BCUT2D eigenvalue weighted by Gasteiger charge is -2.34. The molecule has 0 unspecified atom stereocenters. The number of hydrogen-bond acceptors (Lipinski definition) is 3. The van der Waals surface area contributed by atoms with Crippen molar-refractivity contribution in [2.24, 2.45) is 0 Å². The topological polar surface area (TPSA) is 30.5 Å². The Kier molecular flexibility index (Phi) is 7.96. The summed E-state index contributed by atoms with van der Waals surface area (Å²) in [6.45, 7) is 2.01. The van der Waals surface area contributed by atoms with Gasteiger partial charge in [-0.15, -0.1) is 12.4 Å². The minimum Gasteiger partial charge on any atom is -0.349 e. The molecule has 2 aromatic carbocycles. The van der Waals surface area contributed by atoms with E-state index in [2.05, 4.69) is 5.32 Å². The molecule has 3 rings (SSSR count). The summed E-state index contributed by atoms with van der Waals surface area (Å²) in [6.07, 6.45) is -12.0. The van der Waals surface area contributed by atoms with Crippen LogP contribution in [0.25, 0.3) is 0 Å². The first-order chi connectivity index (χ1) is 13.9. The predicted molar refractivity (Wildman–Crippen MR) is 100 cm³/mol. The van der Waals surface area contributed by atoms with E-state index in [0.717, 1.165) is 0 Å². The fraction of sp³-hybridized carbons (Fsp3) is 0.400. The van der Waals surface area contributed by atoms with E-state index in [1.807, 2.05) is 0 Å². The quantitative estimate of drug-likeness (QED) is 0.548. The molecule has 0 radical (unpaired) electrons. The van der Waals surface area contributed by atoms with Crippen LogP contribution in [0.2, 0.25) is 0 Å². The second-order valence-corrected chi connectivity index (χ2v) is 6.84. The molecule has 11 heteroatoms. The number of hydrogen-bond donors (Lipinski definition) is 1. The first-order valence-corrected chi connectivity index (χ1v) is 9.00. The molecule has 1 fully saturated rings. The summed E-state index contributed by atoms with van der Waals surface area (Å²) in [4.78, 5) is 0. The van der Waals surface area contributed by atoms with E-state index in [0.29, 0.717) is 24.2 Å². The van der Waals surface area contributed by atoms with Gasteiger partial charge >= 0.3 is 12.4 Å². The Labute approximate surface area is 179 Å². The average molecular weight is 474 g/mol. The van der Waals surface area contributed by atoms with Crippen molar-refractivity contribution in [1.29, 1.82) is 0 Å². The first-order valence-electron chi connectivity index (χ1n) is 9.00. The van der Waals surface area contributed by atoms with E-state index in [1.165, 1.54) is 31.2 Å². The van der Waals surface area contributed by atoms with Gasteiger partial charge in [0.25, 0.3) is 0 Å². The molecule has 1 N–H and O–H groups in total. The van der Waals surface area contributed by atoms with Crippen LogP contribution in [0, 0.1) is 5.82 Å². The second kappa shape index (κ2) is 9.72. The lowest BCUT2D eigenvalue weighted by molar-refractivity contribution is -0.200. The SMILES string of the molecule is C[C@@H](O[C@@H]1OCCN[C@@H]1c1ccc(F)cc1)c1cc(C(F)(F)F)cc(C(F)(F)F)c1.Cl. The highest BCUT2D eigenvalue weighted by atomic mass is 35.5. The molecule has 3 atom stereocenters. The third-order valence-electron chi connectivity index (χ3n) is 4.67. The summed E-state index contributed by atoms with van der Waals surface area (Å²) in [5.74, 6) is -0.454. The normalized spacial score (nSPS) is 20.8. The van der Waals surface area contributed by atoms with Gasteiger partial charge in [-0.25, -0.2) is 4.39 Å². The molecule has 0 spiro atoms. The van der Waals surface area contributed by atoms with Crippen LogP contribution in [0.15, 0.2) is 42.5 Å². The van der Waals surface area contributed by atoms with Crippen molar-refractivity contribution >= 4 is 12.4 Å². The molecule has 0 saturated carbocycles. The van der Waals surface area contributed by atoms with E-state index >= 15 is 0 Å². The molecule has 0 aromatic heterocycles. The zero-order chi connectivity index (χ0) is 22.1. The van der Waals surface area contributed by atoms with Gasteiger partial charge in [-0.3, -0.25) is 0 Å². The summed E-state index contributed by atoms with van der Waals surface area (Å²) in [5.41, 5.74) is -2.52. The van der Waals surface area contributed by atoms with Gasteiger partial charge in [-0.05, 0) is 48.4 Å². The summed E-state index contributed by atoms with van der Waals surface area (Å²) in [7, 11) is 0. The molecule has 1 heterocycles. The minimum atomic E-state index is -4.95. The molecule has 0 aliphatic carbocycles. The number of ether oxygens (including phenoxy) is 2. The van der Waals surface area contributed by atoms with Gasteiger partial charge in [0.2, 0.25) is 0 Å². The summed E-state index contributed by atoms with van der Waals surface area (Å²) >= 11 is 0. The number of morpholine rings is 1. The number of halogens is 8. The van der Waals surface area contributed by atoms with Crippen LogP contribution in [0.3, 0.4) is 0 Å². The molecule has 2 aromatic rings. The van der Waals surface area contributed by atoms with Gasteiger partial charge in [-0.2, -0.15) is 26.3 Å². The van der Waals surface area contributed by atoms with Crippen molar-refractivity contribution in [3.63, 3.8) is 0 Å². The van der Waals surface area contributed by atoms with Crippen LogP contribution < -0.4 is 5.32 Å². The van der Waals surface area contributed by atoms with E-state index in [9.17, 15) is 30.7 Å². The zero-order valence-electron chi connectivity index (χ0n) is 16.1. The summed E-state index contributed by atoms with van der Waals surface area (Å²) in [5, 5.41) is 3.10. The number of alkyl halides is 6. The lowest BCUT2D eigenvalue weighted by Crippen LogP contribution is -2.43. The fourth-order valence-electron chi connectivity index (χ4n) is 3.14. The highest BCUT2D eigenvalue weighted by molar-refractivity contribution is 5.85. The summed E-state index contributed by atoms with van der Waals surface area (Å²) in [6, 6.07) is 6.20. The maximum Gasteiger partial charge on any atom is 0.416 e. The second-order valence-electron chi connectivity index (χ2n) is 6.84. The Morgan fingerprint density at radius 3 is 2.03 bits per heavy atom.